The zero-order valence-electron chi connectivity index (χ0n) is 16.6. The van der Waals surface area contributed by atoms with Gasteiger partial charge in [-0.2, -0.15) is 0 Å². The van der Waals surface area contributed by atoms with Crippen molar-refractivity contribution in [2.45, 2.75) is 36.9 Å². The van der Waals surface area contributed by atoms with Crippen molar-refractivity contribution in [3.05, 3.63) is 35.4 Å². The summed E-state index contributed by atoms with van der Waals surface area (Å²) in [5, 5.41) is 87.2. The predicted octanol–water partition coefficient (Wildman–Crippen LogP) is -0.842. The molecule has 3 rings (SSSR count). The highest BCUT2D eigenvalue weighted by Gasteiger charge is 2.47. The molecule has 2 aromatic carbocycles. The Morgan fingerprint density at radius 1 is 0.667 bits per heavy atom. The predicted molar refractivity (Wildman–Crippen MR) is 104 cm³/mol. The standard InChI is InChI=1S/C20H20O13/c21-8-1-6(2-9(22)14(8)26)19(30)32-13-5-12(25)16(28)17(29)18(13)33-20(31)7-3-10(23)15(27)11(24)4-7/h1-4,12-13,16-18,21-29H,5H2/t12-,13+,16+,17-,18+/m1/s1. The number of ether oxygens (including phenoxy) is 2. The van der Waals surface area contributed by atoms with Crippen molar-refractivity contribution in [1.29, 1.82) is 0 Å². The van der Waals surface area contributed by atoms with Gasteiger partial charge in [0.1, 0.15) is 18.3 Å². The van der Waals surface area contributed by atoms with Crippen LogP contribution in [0.3, 0.4) is 0 Å². The SMILES string of the molecule is O=C(O[C@@H]1[C@H](O)[C@@H](O)[C@H](O)C[C@@H]1OC(=O)c1cc(O)c(O)c(O)c1)c1cc(O)c(O)c(O)c1. The van der Waals surface area contributed by atoms with Crippen LogP contribution in [0.2, 0.25) is 0 Å². The summed E-state index contributed by atoms with van der Waals surface area (Å²) in [5.41, 5.74) is -0.898. The third-order valence-corrected chi connectivity index (χ3v) is 5.03. The van der Waals surface area contributed by atoms with Crippen molar-refractivity contribution in [2.24, 2.45) is 0 Å². The summed E-state index contributed by atoms with van der Waals surface area (Å²) < 4.78 is 10.2. The average Bonchev–Trinajstić information content (AvgIpc) is 2.75. The van der Waals surface area contributed by atoms with Gasteiger partial charge in [0.05, 0.1) is 17.2 Å². The normalized spacial score (nSPS) is 24.8. The van der Waals surface area contributed by atoms with E-state index in [2.05, 4.69) is 0 Å². The van der Waals surface area contributed by atoms with Crippen molar-refractivity contribution in [3.63, 3.8) is 0 Å². The summed E-state index contributed by atoms with van der Waals surface area (Å²) in [6.07, 6.45) is -9.08. The van der Waals surface area contributed by atoms with E-state index in [-0.39, 0.29) is 0 Å². The number of hydrogen-bond donors (Lipinski definition) is 9. The molecule has 1 fully saturated rings. The molecule has 0 heterocycles. The van der Waals surface area contributed by atoms with Crippen LogP contribution in [0.5, 0.6) is 34.5 Å². The van der Waals surface area contributed by atoms with Crippen LogP contribution in [0.25, 0.3) is 0 Å². The lowest BCUT2D eigenvalue weighted by molar-refractivity contribution is -0.178. The highest BCUT2D eigenvalue weighted by molar-refractivity contribution is 5.92. The summed E-state index contributed by atoms with van der Waals surface area (Å²) in [6, 6.07) is 3.04. The molecule has 0 radical (unpaired) electrons. The molecule has 0 bridgehead atoms. The summed E-state index contributed by atoms with van der Waals surface area (Å²) in [5.74, 6) is -7.61. The van der Waals surface area contributed by atoms with E-state index in [4.69, 9.17) is 9.47 Å². The Morgan fingerprint density at radius 3 is 1.48 bits per heavy atom. The van der Waals surface area contributed by atoms with Crippen molar-refractivity contribution in [2.75, 3.05) is 0 Å². The number of benzene rings is 2. The summed E-state index contributed by atoms with van der Waals surface area (Å²) >= 11 is 0. The van der Waals surface area contributed by atoms with Crippen molar-refractivity contribution >= 4 is 11.9 Å². The fourth-order valence-electron chi connectivity index (χ4n) is 3.26. The van der Waals surface area contributed by atoms with E-state index in [9.17, 15) is 55.5 Å². The maximum Gasteiger partial charge on any atom is 0.338 e. The van der Waals surface area contributed by atoms with Gasteiger partial charge in [0.15, 0.2) is 40.6 Å². The molecule has 33 heavy (non-hydrogen) atoms. The smallest absolute Gasteiger partial charge is 0.338 e. The van der Waals surface area contributed by atoms with E-state index in [1.807, 2.05) is 0 Å². The lowest BCUT2D eigenvalue weighted by Gasteiger charge is -2.39. The van der Waals surface area contributed by atoms with Crippen LogP contribution in [0.1, 0.15) is 27.1 Å². The van der Waals surface area contributed by atoms with Gasteiger partial charge in [-0.05, 0) is 24.3 Å². The van der Waals surface area contributed by atoms with Crippen molar-refractivity contribution in [1.82, 2.24) is 0 Å². The Bertz CT molecular complexity index is 1040. The number of hydrogen-bond acceptors (Lipinski definition) is 13. The number of phenolic OH excluding ortho intramolecular Hbond substituents is 6. The Kier molecular flexibility index (Phi) is 6.39. The van der Waals surface area contributed by atoms with Crippen LogP contribution in [-0.4, -0.2) is 88.4 Å². The first kappa shape index (κ1) is 23.7. The molecule has 13 nitrogen and oxygen atoms in total. The number of esters is 2. The van der Waals surface area contributed by atoms with Crippen molar-refractivity contribution in [3.8, 4) is 34.5 Å². The van der Waals surface area contributed by atoms with Gasteiger partial charge in [-0.25, -0.2) is 9.59 Å². The first-order chi connectivity index (χ1) is 15.4. The molecule has 2 aromatic rings. The van der Waals surface area contributed by atoms with Gasteiger partial charge in [0, 0.05) is 6.42 Å². The minimum Gasteiger partial charge on any atom is -0.504 e. The fraction of sp³-hybridized carbons (Fsp3) is 0.300. The van der Waals surface area contributed by atoms with Crippen LogP contribution < -0.4 is 0 Å². The first-order valence-electron chi connectivity index (χ1n) is 9.36. The molecule has 1 saturated carbocycles. The second-order valence-corrected chi connectivity index (χ2v) is 7.32. The topological polar surface area (TPSA) is 235 Å². The second kappa shape index (κ2) is 8.90. The molecule has 0 aliphatic heterocycles. The van der Waals surface area contributed by atoms with Crippen molar-refractivity contribution < 1.29 is 65.0 Å². The van der Waals surface area contributed by atoms with Crippen LogP contribution >= 0.6 is 0 Å². The zero-order valence-corrected chi connectivity index (χ0v) is 16.6. The van der Waals surface area contributed by atoms with Gasteiger partial charge in [-0.1, -0.05) is 0 Å². The minimum absolute atomic E-state index is 0.434. The molecule has 5 atom stereocenters. The monoisotopic (exact) mass is 468 g/mol. The summed E-state index contributed by atoms with van der Waals surface area (Å²) in [4.78, 5) is 24.9. The van der Waals surface area contributed by atoms with E-state index in [1.165, 1.54) is 0 Å². The van der Waals surface area contributed by atoms with Gasteiger partial charge in [-0.3, -0.25) is 0 Å². The highest BCUT2D eigenvalue weighted by atomic mass is 16.6. The molecule has 0 unspecified atom stereocenters. The second-order valence-electron chi connectivity index (χ2n) is 7.32. The molecule has 0 saturated heterocycles. The molecule has 178 valence electrons. The molecule has 0 aromatic heterocycles. The lowest BCUT2D eigenvalue weighted by atomic mass is 9.87. The minimum atomic E-state index is -1.93. The Labute approximate surface area is 184 Å². The molecule has 9 N–H and O–H groups in total. The van der Waals surface area contributed by atoms with Gasteiger partial charge < -0.3 is 55.4 Å². The van der Waals surface area contributed by atoms with Crippen LogP contribution in [-0.2, 0) is 9.47 Å². The third-order valence-electron chi connectivity index (χ3n) is 5.03. The maximum absolute atomic E-state index is 12.5. The number of phenols is 6. The van der Waals surface area contributed by atoms with Crippen LogP contribution in [0.4, 0.5) is 0 Å². The van der Waals surface area contributed by atoms with Gasteiger partial charge in [0.25, 0.3) is 0 Å². The summed E-state index contributed by atoms with van der Waals surface area (Å²) in [6.45, 7) is 0. The largest absolute Gasteiger partial charge is 0.504 e. The van der Waals surface area contributed by atoms with Gasteiger partial charge in [0.2, 0.25) is 0 Å². The molecular formula is C20H20O13. The molecule has 0 spiro atoms. The van der Waals surface area contributed by atoms with E-state index in [0.29, 0.717) is 0 Å². The van der Waals surface area contributed by atoms with Gasteiger partial charge >= 0.3 is 11.9 Å². The zero-order chi connectivity index (χ0) is 24.6. The number of aliphatic hydroxyl groups excluding tert-OH is 3. The lowest BCUT2D eigenvalue weighted by Crippen LogP contribution is -2.58. The number of carbonyl (C=O) groups excluding carboxylic acids is 2. The van der Waals surface area contributed by atoms with E-state index < -0.39 is 94.5 Å². The first-order valence-corrected chi connectivity index (χ1v) is 9.36. The van der Waals surface area contributed by atoms with E-state index >= 15 is 0 Å². The molecule has 1 aliphatic rings. The van der Waals surface area contributed by atoms with Crippen LogP contribution in [0, 0.1) is 0 Å². The summed E-state index contributed by atoms with van der Waals surface area (Å²) in [7, 11) is 0. The highest BCUT2D eigenvalue weighted by Crippen LogP contribution is 2.37. The molecular weight excluding hydrogens is 448 g/mol. The third kappa shape index (κ3) is 4.64. The molecule has 0 amide bonds. The Morgan fingerprint density at radius 2 is 1.06 bits per heavy atom. The fourth-order valence-corrected chi connectivity index (χ4v) is 3.26. The van der Waals surface area contributed by atoms with E-state index in [1.54, 1.807) is 0 Å². The van der Waals surface area contributed by atoms with Gasteiger partial charge in [-0.15, -0.1) is 0 Å². The number of aliphatic hydroxyl groups is 3. The Balaban J connectivity index is 1.86. The Hall–Kier alpha value is -3.94. The maximum atomic E-state index is 12.5. The quantitative estimate of drug-likeness (QED) is 0.197. The molecule has 13 heteroatoms. The average molecular weight is 468 g/mol. The number of rotatable bonds is 4. The van der Waals surface area contributed by atoms with E-state index in [0.717, 1.165) is 24.3 Å². The molecule has 1 aliphatic carbocycles. The number of carbonyl (C=O) groups is 2. The van der Waals surface area contributed by atoms with Crippen LogP contribution in [0.15, 0.2) is 24.3 Å². The number of aromatic hydroxyl groups is 6.